The van der Waals surface area contributed by atoms with Gasteiger partial charge in [-0.25, -0.2) is 0 Å². The van der Waals surface area contributed by atoms with E-state index < -0.39 is 0 Å². The number of furan rings is 2. The minimum atomic E-state index is -0.170. The van der Waals surface area contributed by atoms with Crippen molar-refractivity contribution in [3.8, 4) is 44.5 Å². The number of para-hydroxylation sites is 3. The monoisotopic (exact) mass is 769 g/mol. The van der Waals surface area contributed by atoms with E-state index in [0.717, 1.165) is 94.3 Å². The van der Waals surface area contributed by atoms with Crippen molar-refractivity contribution >= 4 is 60.9 Å². The molecule has 0 N–H and O–H groups in total. The molecule has 2 heterocycles. The zero-order chi connectivity index (χ0) is 40.0. The van der Waals surface area contributed by atoms with Crippen LogP contribution in [0.5, 0.6) is 0 Å². The summed E-state index contributed by atoms with van der Waals surface area (Å²) in [6, 6.07) is 71.9. The largest absolute Gasteiger partial charge is 0.456 e. The second kappa shape index (κ2) is 13.2. The first-order valence-electron chi connectivity index (χ1n) is 20.7. The summed E-state index contributed by atoms with van der Waals surface area (Å²) in [6.07, 6.45) is 0. The van der Waals surface area contributed by atoms with Crippen LogP contribution in [0.2, 0.25) is 0 Å². The van der Waals surface area contributed by atoms with Crippen LogP contribution in [0.15, 0.2) is 209 Å². The van der Waals surface area contributed by atoms with Crippen LogP contribution in [-0.2, 0) is 5.41 Å². The number of anilines is 3. The summed E-state index contributed by atoms with van der Waals surface area (Å²) in [7, 11) is 0. The van der Waals surface area contributed by atoms with Gasteiger partial charge >= 0.3 is 0 Å². The Labute approximate surface area is 348 Å². The molecule has 0 fully saturated rings. The summed E-state index contributed by atoms with van der Waals surface area (Å²) in [5.41, 5.74) is 18.6. The molecule has 3 nitrogen and oxygen atoms in total. The Balaban J connectivity index is 1.12. The average Bonchev–Trinajstić information content (AvgIpc) is 3.95. The van der Waals surface area contributed by atoms with Gasteiger partial charge in [-0.2, -0.15) is 0 Å². The van der Waals surface area contributed by atoms with Crippen molar-refractivity contribution in [2.45, 2.75) is 19.3 Å². The van der Waals surface area contributed by atoms with Crippen molar-refractivity contribution in [3.63, 3.8) is 0 Å². The van der Waals surface area contributed by atoms with Crippen LogP contribution < -0.4 is 4.90 Å². The normalized spacial score (nSPS) is 13.0. The standard InChI is InChI=1S/C57H39NO2/c1-57(2)48-24-11-8-18-42(48)43-32-31-39(35-49(43)57)58(38-29-27-37(28-30-38)41-22-14-23-46-44-19-9-12-25-51(44)60-56(41)46)50-33-34-53-55(47-21-10-13-26-52(47)59-53)54(50)45-20-7-6-17-40(45)36-15-4-3-5-16-36/h3-35H,1-2H3. The summed E-state index contributed by atoms with van der Waals surface area (Å²) in [5.74, 6) is 0. The van der Waals surface area contributed by atoms with Crippen LogP contribution >= 0.6 is 0 Å². The highest BCUT2D eigenvalue weighted by molar-refractivity contribution is 6.18. The van der Waals surface area contributed by atoms with E-state index >= 15 is 0 Å². The molecule has 0 saturated heterocycles. The number of nitrogens with zero attached hydrogens (tertiary/aromatic N) is 1. The molecule has 9 aromatic carbocycles. The van der Waals surface area contributed by atoms with Gasteiger partial charge in [-0.05, 0) is 93.0 Å². The highest BCUT2D eigenvalue weighted by Gasteiger charge is 2.36. The average molecular weight is 770 g/mol. The first kappa shape index (κ1) is 34.4. The summed E-state index contributed by atoms with van der Waals surface area (Å²) in [4.78, 5) is 2.45. The highest BCUT2D eigenvalue weighted by Crippen LogP contribution is 2.53. The number of benzene rings is 9. The number of fused-ring (bicyclic) bond motifs is 9. The summed E-state index contributed by atoms with van der Waals surface area (Å²) in [5, 5.41) is 4.44. The molecule has 2 aromatic heterocycles. The molecule has 60 heavy (non-hydrogen) atoms. The van der Waals surface area contributed by atoms with E-state index in [-0.39, 0.29) is 5.41 Å². The van der Waals surface area contributed by atoms with E-state index in [0.29, 0.717) is 0 Å². The van der Waals surface area contributed by atoms with E-state index in [9.17, 15) is 0 Å². The summed E-state index contributed by atoms with van der Waals surface area (Å²) >= 11 is 0. The Hall–Kier alpha value is -7.62. The van der Waals surface area contributed by atoms with Gasteiger partial charge in [-0.15, -0.1) is 0 Å². The molecule has 0 radical (unpaired) electrons. The molecule has 284 valence electrons. The van der Waals surface area contributed by atoms with Gasteiger partial charge in [0.15, 0.2) is 0 Å². The molecule has 11 aromatic rings. The Bertz CT molecular complexity index is 3460. The Kier molecular flexibility index (Phi) is 7.58. The predicted octanol–water partition coefficient (Wildman–Crippen LogP) is 16.3. The maximum atomic E-state index is 6.62. The van der Waals surface area contributed by atoms with Gasteiger partial charge in [0.25, 0.3) is 0 Å². The van der Waals surface area contributed by atoms with Crippen molar-refractivity contribution in [2.24, 2.45) is 0 Å². The second-order valence-corrected chi connectivity index (χ2v) is 16.4. The van der Waals surface area contributed by atoms with Crippen molar-refractivity contribution in [2.75, 3.05) is 4.90 Å². The summed E-state index contributed by atoms with van der Waals surface area (Å²) in [6.45, 7) is 4.70. The molecular weight excluding hydrogens is 731 g/mol. The quantitative estimate of drug-likeness (QED) is 0.169. The van der Waals surface area contributed by atoms with Crippen molar-refractivity contribution < 1.29 is 8.83 Å². The van der Waals surface area contributed by atoms with Crippen LogP contribution in [0.3, 0.4) is 0 Å². The van der Waals surface area contributed by atoms with Gasteiger partial charge in [0.1, 0.15) is 22.3 Å². The fourth-order valence-corrected chi connectivity index (χ4v) is 9.86. The van der Waals surface area contributed by atoms with Crippen molar-refractivity contribution in [1.29, 1.82) is 0 Å². The molecule has 0 unspecified atom stereocenters. The molecule has 0 atom stereocenters. The lowest BCUT2D eigenvalue weighted by Gasteiger charge is -2.30. The number of rotatable bonds is 6. The highest BCUT2D eigenvalue weighted by atomic mass is 16.3. The van der Waals surface area contributed by atoms with Crippen molar-refractivity contribution in [3.05, 3.63) is 211 Å². The fourth-order valence-electron chi connectivity index (χ4n) is 9.86. The molecule has 0 bridgehead atoms. The third-order valence-corrected chi connectivity index (χ3v) is 12.7. The van der Waals surface area contributed by atoms with Crippen LogP contribution in [0.4, 0.5) is 17.1 Å². The van der Waals surface area contributed by atoms with Gasteiger partial charge in [0.2, 0.25) is 0 Å². The third kappa shape index (κ3) is 5.15. The lowest BCUT2D eigenvalue weighted by atomic mass is 9.82. The van der Waals surface area contributed by atoms with E-state index in [1.54, 1.807) is 0 Å². The molecule has 0 aliphatic heterocycles. The van der Waals surface area contributed by atoms with E-state index in [1.807, 2.05) is 18.2 Å². The van der Waals surface area contributed by atoms with Gasteiger partial charge in [0, 0.05) is 49.5 Å². The smallest absolute Gasteiger partial charge is 0.143 e. The minimum absolute atomic E-state index is 0.170. The lowest BCUT2D eigenvalue weighted by Crippen LogP contribution is -2.17. The van der Waals surface area contributed by atoms with E-state index in [2.05, 4.69) is 201 Å². The molecule has 12 rings (SSSR count). The van der Waals surface area contributed by atoms with Gasteiger partial charge in [-0.1, -0.05) is 166 Å². The van der Waals surface area contributed by atoms with Gasteiger partial charge in [-0.3, -0.25) is 0 Å². The molecule has 1 aliphatic rings. The first-order chi connectivity index (χ1) is 29.5. The molecule has 3 heteroatoms. The Morgan fingerprint density at radius 1 is 0.383 bits per heavy atom. The minimum Gasteiger partial charge on any atom is -0.456 e. The molecule has 0 saturated carbocycles. The maximum absolute atomic E-state index is 6.62. The Morgan fingerprint density at radius 3 is 1.80 bits per heavy atom. The maximum Gasteiger partial charge on any atom is 0.143 e. The van der Waals surface area contributed by atoms with Crippen LogP contribution in [-0.4, -0.2) is 0 Å². The van der Waals surface area contributed by atoms with Crippen LogP contribution in [0.1, 0.15) is 25.0 Å². The van der Waals surface area contributed by atoms with Gasteiger partial charge < -0.3 is 13.7 Å². The topological polar surface area (TPSA) is 29.5 Å². The molecule has 0 amide bonds. The zero-order valence-corrected chi connectivity index (χ0v) is 33.3. The Morgan fingerprint density at radius 2 is 0.983 bits per heavy atom. The molecule has 1 aliphatic carbocycles. The SMILES string of the molecule is CC1(C)c2ccccc2-c2ccc(N(c3ccc(-c4cccc5c4oc4ccccc45)cc3)c3ccc4oc5ccccc5c4c3-c3ccccc3-c3ccccc3)cc21. The lowest BCUT2D eigenvalue weighted by molar-refractivity contribution is 0.660. The van der Waals surface area contributed by atoms with Crippen molar-refractivity contribution in [1.82, 2.24) is 0 Å². The number of hydrogen-bond acceptors (Lipinski definition) is 3. The van der Waals surface area contributed by atoms with Crippen LogP contribution in [0.25, 0.3) is 88.4 Å². The molecular formula is C57H39NO2. The fraction of sp³-hybridized carbons (Fsp3) is 0.0526. The number of hydrogen-bond donors (Lipinski definition) is 0. The van der Waals surface area contributed by atoms with E-state index in [4.69, 9.17) is 8.83 Å². The van der Waals surface area contributed by atoms with E-state index in [1.165, 1.54) is 22.3 Å². The van der Waals surface area contributed by atoms with Gasteiger partial charge in [0.05, 0.1) is 5.69 Å². The first-order valence-corrected chi connectivity index (χ1v) is 20.7. The second-order valence-electron chi connectivity index (χ2n) is 16.4. The zero-order valence-electron chi connectivity index (χ0n) is 33.3. The summed E-state index contributed by atoms with van der Waals surface area (Å²) < 4.78 is 13.1. The third-order valence-electron chi connectivity index (χ3n) is 12.7. The predicted molar refractivity (Wildman–Crippen MR) is 250 cm³/mol. The molecule has 0 spiro atoms. The van der Waals surface area contributed by atoms with Crippen LogP contribution in [0, 0.1) is 0 Å².